The first-order valence-electron chi connectivity index (χ1n) is 13.1. The van der Waals surface area contributed by atoms with E-state index in [0.717, 1.165) is 0 Å². The molecule has 0 aromatic carbocycles. The average Bonchev–Trinajstić information content (AvgIpc) is 2.98. The summed E-state index contributed by atoms with van der Waals surface area (Å²) in [5, 5.41) is 0. The van der Waals surface area contributed by atoms with E-state index in [9.17, 15) is 19.2 Å². The largest absolute Gasteiger partial charge is 0.464 e. The third-order valence-corrected chi connectivity index (χ3v) is 8.40. The lowest BCUT2D eigenvalue weighted by Gasteiger charge is -2.33. The van der Waals surface area contributed by atoms with Crippen LogP contribution in [-0.4, -0.2) is 123 Å². The number of hydrogen-bond acceptors (Lipinski definition) is 16. The van der Waals surface area contributed by atoms with Gasteiger partial charge >= 0.3 is 23.9 Å². The lowest BCUT2D eigenvalue weighted by molar-refractivity contribution is -0.172. The van der Waals surface area contributed by atoms with Gasteiger partial charge in [-0.15, -0.1) is 0 Å². The summed E-state index contributed by atoms with van der Waals surface area (Å²) < 4.78 is 22.0. The van der Waals surface area contributed by atoms with Crippen LogP contribution in [0.15, 0.2) is 0 Å². The van der Waals surface area contributed by atoms with E-state index in [1.54, 1.807) is 0 Å². The van der Waals surface area contributed by atoms with Gasteiger partial charge in [0.1, 0.15) is 56.0 Å². The van der Waals surface area contributed by atoms with Gasteiger partial charge in [-0.2, -0.15) is 47.0 Å². The highest BCUT2D eigenvalue weighted by Gasteiger charge is 2.39. The molecule has 16 heteroatoms. The van der Waals surface area contributed by atoms with Crippen LogP contribution in [0.3, 0.4) is 0 Å². The van der Waals surface area contributed by atoms with Crippen LogP contribution in [-0.2, 0) is 38.1 Å². The Morgan fingerprint density at radius 2 is 0.683 bits per heavy atom. The molecule has 0 amide bonds. The molecule has 41 heavy (non-hydrogen) atoms. The number of carbonyl (C=O) groups excluding carboxylic acids is 4. The van der Waals surface area contributed by atoms with E-state index in [1.165, 1.54) is 47.0 Å². The van der Waals surface area contributed by atoms with Crippen molar-refractivity contribution in [2.45, 2.75) is 49.9 Å². The lowest BCUT2D eigenvalue weighted by Crippen LogP contribution is -2.48. The number of rotatable bonds is 24. The van der Waals surface area contributed by atoms with Gasteiger partial charge < -0.3 is 41.9 Å². The lowest BCUT2D eigenvalue weighted by atomic mass is 9.92. The Balaban J connectivity index is 5.95. The molecule has 0 heterocycles. The van der Waals surface area contributed by atoms with Gasteiger partial charge in [-0.05, 0) is 73.7 Å². The molecule has 0 rings (SSSR count). The molecule has 0 spiro atoms. The summed E-state index contributed by atoms with van der Waals surface area (Å²) in [4.78, 5) is 50.6. The van der Waals surface area contributed by atoms with E-state index in [1.807, 2.05) is 25.0 Å². The third-order valence-electron chi connectivity index (χ3n) is 5.83. The van der Waals surface area contributed by atoms with Crippen LogP contribution < -0.4 is 22.9 Å². The van der Waals surface area contributed by atoms with Crippen LogP contribution in [0, 0.1) is 5.41 Å². The zero-order valence-electron chi connectivity index (χ0n) is 24.5. The van der Waals surface area contributed by atoms with Crippen LogP contribution in [0.2, 0.25) is 0 Å². The monoisotopic (exact) mass is 660 g/mol. The van der Waals surface area contributed by atoms with Crippen LogP contribution in [0.25, 0.3) is 0 Å². The predicted octanol–water partition coefficient (Wildman–Crippen LogP) is 0.467. The number of carbonyl (C=O) groups is 4. The third kappa shape index (κ3) is 17.7. The van der Waals surface area contributed by atoms with E-state index >= 15 is 0 Å². The zero-order valence-corrected chi connectivity index (χ0v) is 27.8. The van der Waals surface area contributed by atoms with Crippen LogP contribution in [0.1, 0.15) is 25.7 Å². The van der Waals surface area contributed by atoms with Gasteiger partial charge in [0.05, 0.1) is 0 Å². The average molecular weight is 661 g/mol. The standard InChI is InChI=1S/C25H48N4O8S4/c1-38-9-5-17(26)21(30)34-13-25(14-35-22(31)18(27)6-10-39-2,15-36-23(32)19(28)7-11-40-3)16-37-24(33)20(29)8-12-41-4/h17-20H,5-16,26-29H2,1-4H3/t17-,18-,19-,20-/m0/s1. The molecular weight excluding hydrogens is 613 g/mol. The van der Waals surface area contributed by atoms with E-state index < -0.39 is 79.9 Å². The molecule has 0 aliphatic rings. The molecule has 8 N–H and O–H groups in total. The fourth-order valence-corrected chi connectivity index (χ4v) is 4.98. The summed E-state index contributed by atoms with van der Waals surface area (Å²) in [5.41, 5.74) is 22.4. The SMILES string of the molecule is CSCC[C@H](N)C(=O)OCC(COC(=O)[C@@H](N)CCSC)(COC(=O)[C@@H](N)CCSC)COC(=O)[C@@H](N)CCSC. The van der Waals surface area contributed by atoms with E-state index in [0.29, 0.717) is 48.7 Å². The fraction of sp³-hybridized carbons (Fsp3) is 0.840. The summed E-state index contributed by atoms with van der Waals surface area (Å²) in [6.45, 7) is -1.70. The van der Waals surface area contributed by atoms with Crippen molar-refractivity contribution in [3.05, 3.63) is 0 Å². The number of ether oxygens (including phenoxy) is 4. The molecule has 4 atom stereocenters. The van der Waals surface area contributed by atoms with E-state index in [2.05, 4.69) is 0 Å². The van der Waals surface area contributed by atoms with Crippen molar-refractivity contribution < 1.29 is 38.1 Å². The van der Waals surface area contributed by atoms with Crippen LogP contribution >= 0.6 is 47.0 Å². The maximum Gasteiger partial charge on any atom is 0.322 e. The summed E-state index contributed by atoms with van der Waals surface area (Å²) in [6, 6.07) is -3.58. The molecule has 240 valence electrons. The second kappa shape index (κ2) is 23.6. The number of esters is 4. The Labute approximate surface area is 260 Å². The van der Waals surface area contributed by atoms with Crippen molar-refractivity contribution in [2.75, 3.05) is 74.5 Å². The summed E-state index contributed by atoms with van der Waals surface area (Å²) in [7, 11) is 0. The number of nitrogens with two attached hydrogens (primary N) is 4. The second-order valence-corrected chi connectivity index (χ2v) is 13.4. The first kappa shape index (κ1) is 40.1. The maximum absolute atomic E-state index is 12.6. The van der Waals surface area contributed by atoms with Gasteiger partial charge in [-0.1, -0.05) is 0 Å². The molecule has 0 unspecified atom stereocenters. The van der Waals surface area contributed by atoms with Crippen molar-refractivity contribution in [1.82, 2.24) is 0 Å². The Morgan fingerprint density at radius 1 is 0.488 bits per heavy atom. The minimum atomic E-state index is -1.46. The smallest absolute Gasteiger partial charge is 0.322 e. The van der Waals surface area contributed by atoms with Gasteiger partial charge in [0, 0.05) is 0 Å². The zero-order chi connectivity index (χ0) is 31.3. The van der Waals surface area contributed by atoms with Gasteiger partial charge in [-0.25, -0.2) is 0 Å². The van der Waals surface area contributed by atoms with E-state index in [-0.39, 0.29) is 0 Å². The minimum absolute atomic E-state index is 0.380. The molecule has 0 fully saturated rings. The molecule has 0 aromatic heterocycles. The molecule has 0 aromatic rings. The van der Waals surface area contributed by atoms with Gasteiger partial charge in [0.2, 0.25) is 0 Å². The molecule has 0 saturated heterocycles. The predicted molar refractivity (Wildman–Crippen MR) is 170 cm³/mol. The second-order valence-electron chi connectivity index (χ2n) is 9.48. The molecule has 0 saturated carbocycles. The Bertz CT molecular complexity index is 658. The highest BCUT2D eigenvalue weighted by Crippen LogP contribution is 2.23. The van der Waals surface area contributed by atoms with Crippen molar-refractivity contribution in [3.8, 4) is 0 Å². The molecule has 0 aliphatic heterocycles. The highest BCUT2D eigenvalue weighted by molar-refractivity contribution is 7.99. The van der Waals surface area contributed by atoms with Crippen molar-refractivity contribution in [3.63, 3.8) is 0 Å². The van der Waals surface area contributed by atoms with E-state index in [4.69, 9.17) is 41.9 Å². The van der Waals surface area contributed by atoms with Crippen molar-refractivity contribution >= 4 is 70.9 Å². The Hall–Kier alpha value is -0.880. The maximum atomic E-state index is 12.6. The van der Waals surface area contributed by atoms with Crippen molar-refractivity contribution in [2.24, 2.45) is 28.3 Å². The fourth-order valence-electron chi connectivity index (χ4n) is 3.03. The molecular formula is C25H48N4O8S4. The van der Waals surface area contributed by atoms with Gasteiger partial charge in [0.15, 0.2) is 0 Å². The summed E-state index contributed by atoms with van der Waals surface area (Å²) in [6.07, 6.45) is 9.07. The van der Waals surface area contributed by atoms with Crippen LogP contribution in [0.5, 0.6) is 0 Å². The number of hydrogen-bond donors (Lipinski definition) is 4. The highest BCUT2D eigenvalue weighted by atomic mass is 32.2. The first-order valence-corrected chi connectivity index (χ1v) is 18.7. The first-order chi connectivity index (χ1) is 19.5. The topological polar surface area (TPSA) is 209 Å². The molecule has 12 nitrogen and oxygen atoms in total. The van der Waals surface area contributed by atoms with Crippen molar-refractivity contribution in [1.29, 1.82) is 0 Å². The van der Waals surface area contributed by atoms with Gasteiger partial charge in [-0.3, -0.25) is 19.2 Å². The Morgan fingerprint density at radius 3 is 0.854 bits per heavy atom. The quantitative estimate of drug-likeness (QED) is 0.0819. The molecule has 0 bridgehead atoms. The van der Waals surface area contributed by atoms with Gasteiger partial charge in [0.25, 0.3) is 0 Å². The normalized spacial score (nSPS) is 14.4. The molecule has 0 radical (unpaired) electrons. The Kier molecular flexibility index (Phi) is 23.1. The minimum Gasteiger partial charge on any atom is -0.464 e. The molecule has 0 aliphatic carbocycles. The summed E-state index contributed by atoms with van der Waals surface area (Å²) in [5.74, 6) is -0.216. The number of thioether (sulfide) groups is 4. The summed E-state index contributed by atoms with van der Waals surface area (Å²) >= 11 is 6.12. The van der Waals surface area contributed by atoms with Crippen LogP contribution in [0.4, 0.5) is 0 Å².